The Labute approximate surface area is 132 Å². The lowest BCUT2D eigenvalue weighted by Crippen LogP contribution is -2.30. The number of nitrogens with one attached hydrogen (secondary N) is 1. The van der Waals surface area contributed by atoms with Crippen LogP contribution in [0.5, 0.6) is 0 Å². The minimum Gasteiger partial charge on any atom is -0.271 e. The van der Waals surface area contributed by atoms with E-state index in [4.69, 9.17) is 17.4 Å². The van der Waals surface area contributed by atoms with Gasteiger partial charge < -0.3 is 0 Å². The van der Waals surface area contributed by atoms with Crippen LogP contribution in [0.2, 0.25) is 5.02 Å². The number of hydrogen-bond donors (Lipinski definition) is 2. The second kappa shape index (κ2) is 6.26. The Morgan fingerprint density at radius 2 is 2.15 bits per heavy atom. The number of rotatable bonds is 4. The van der Waals surface area contributed by atoms with E-state index in [1.54, 1.807) is 0 Å². The maximum absolute atomic E-state index is 6.39. The van der Waals surface area contributed by atoms with Gasteiger partial charge in [0, 0.05) is 18.5 Å². The van der Waals surface area contributed by atoms with Gasteiger partial charge in [0.2, 0.25) is 0 Å². The first-order valence-corrected chi connectivity index (χ1v) is 7.52. The van der Waals surface area contributed by atoms with Crippen LogP contribution >= 0.6 is 27.5 Å². The van der Waals surface area contributed by atoms with Gasteiger partial charge in [0.1, 0.15) is 0 Å². The number of hydrogen-bond acceptors (Lipinski definition) is 3. The minimum atomic E-state index is -0.0616. The van der Waals surface area contributed by atoms with E-state index in [1.165, 1.54) is 0 Å². The molecule has 0 bridgehead atoms. The van der Waals surface area contributed by atoms with Crippen LogP contribution < -0.4 is 11.3 Å². The predicted octanol–water partition coefficient (Wildman–Crippen LogP) is 3.20. The largest absolute Gasteiger partial charge is 0.271 e. The first-order valence-electron chi connectivity index (χ1n) is 6.34. The van der Waals surface area contributed by atoms with Crippen LogP contribution in [0.25, 0.3) is 0 Å². The summed E-state index contributed by atoms with van der Waals surface area (Å²) in [4.78, 5) is 0. The highest BCUT2D eigenvalue weighted by Crippen LogP contribution is 2.30. The van der Waals surface area contributed by atoms with Gasteiger partial charge >= 0.3 is 0 Å². The summed E-state index contributed by atoms with van der Waals surface area (Å²) in [7, 11) is 1.93. The molecule has 1 aromatic carbocycles. The van der Waals surface area contributed by atoms with Crippen LogP contribution in [-0.4, -0.2) is 9.78 Å². The molecule has 0 saturated heterocycles. The van der Waals surface area contributed by atoms with Gasteiger partial charge in [-0.3, -0.25) is 16.0 Å². The molecule has 1 aromatic heterocycles. The van der Waals surface area contributed by atoms with Gasteiger partial charge in [0.15, 0.2) is 0 Å². The number of hydrazine groups is 1. The molecular formula is C14H18BrClN4. The molecule has 1 unspecified atom stereocenters. The Kier molecular flexibility index (Phi) is 4.86. The van der Waals surface area contributed by atoms with Crippen LogP contribution in [0, 0.1) is 13.8 Å². The van der Waals surface area contributed by atoms with Crippen molar-refractivity contribution in [3.05, 3.63) is 50.2 Å². The molecule has 0 spiro atoms. The zero-order valence-corrected chi connectivity index (χ0v) is 14.1. The van der Waals surface area contributed by atoms with Crippen molar-refractivity contribution in [1.29, 1.82) is 0 Å². The molecule has 2 rings (SSSR count). The summed E-state index contributed by atoms with van der Waals surface area (Å²) in [6, 6.07) is 5.92. The highest BCUT2D eigenvalue weighted by molar-refractivity contribution is 9.10. The second-order valence-electron chi connectivity index (χ2n) is 4.87. The van der Waals surface area contributed by atoms with E-state index in [0.29, 0.717) is 6.42 Å². The molecule has 1 atom stereocenters. The van der Waals surface area contributed by atoms with E-state index < -0.39 is 0 Å². The molecule has 4 nitrogen and oxygen atoms in total. The molecular weight excluding hydrogens is 340 g/mol. The molecule has 0 aliphatic rings. The van der Waals surface area contributed by atoms with E-state index >= 15 is 0 Å². The van der Waals surface area contributed by atoms with E-state index in [-0.39, 0.29) is 6.04 Å². The van der Waals surface area contributed by atoms with Crippen LogP contribution in [0.15, 0.2) is 22.7 Å². The minimum absolute atomic E-state index is 0.0616. The Morgan fingerprint density at radius 3 is 2.70 bits per heavy atom. The molecule has 0 aliphatic heterocycles. The van der Waals surface area contributed by atoms with Gasteiger partial charge in [-0.25, -0.2) is 0 Å². The van der Waals surface area contributed by atoms with Crippen molar-refractivity contribution < 1.29 is 0 Å². The van der Waals surface area contributed by atoms with E-state index in [1.807, 2.05) is 43.8 Å². The van der Waals surface area contributed by atoms with Crippen molar-refractivity contribution in [3.63, 3.8) is 0 Å². The Balaban J connectivity index is 2.36. The fraction of sp³-hybridized carbons (Fsp3) is 0.357. The third-order valence-corrected chi connectivity index (χ3v) is 5.01. The molecule has 0 radical (unpaired) electrons. The molecule has 1 heterocycles. The summed E-state index contributed by atoms with van der Waals surface area (Å²) in [5.41, 5.74) is 6.95. The van der Waals surface area contributed by atoms with Crippen molar-refractivity contribution in [3.8, 4) is 0 Å². The monoisotopic (exact) mass is 356 g/mol. The van der Waals surface area contributed by atoms with Crippen molar-refractivity contribution in [2.24, 2.45) is 12.9 Å². The van der Waals surface area contributed by atoms with E-state index in [0.717, 1.165) is 32.0 Å². The van der Waals surface area contributed by atoms with Gasteiger partial charge in [-0.1, -0.05) is 29.8 Å². The second-order valence-corrected chi connectivity index (χ2v) is 6.04. The first-order chi connectivity index (χ1) is 9.45. The summed E-state index contributed by atoms with van der Waals surface area (Å²) in [6.45, 7) is 3.96. The average Bonchev–Trinajstić information content (AvgIpc) is 2.65. The van der Waals surface area contributed by atoms with Gasteiger partial charge in [0.05, 0.1) is 21.9 Å². The number of halogens is 2. The van der Waals surface area contributed by atoms with Gasteiger partial charge in [0.25, 0.3) is 0 Å². The van der Waals surface area contributed by atoms with Crippen LogP contribution in [-0.2, 0) is 13.5 Å². The quantitative estimate of drug-likeness (QED) is 0.652. The summed E-state index contributed by atoms with van der Waals surface area (Å²) >= 11 is 9.97. The molecule has 108 valence electrons. The highest BCUT2D eigenvalue weighted by Gasteiger charge is 2.19. The zero-order valence-electron chi connectivity index (χ0n) is 11.7. The topological polar surface area (TPSA) is 55.9 Å². The lowest BCUT2D eigenvalue weighted by molar-refractivity contribution is 0.529. The van der Waals surface area contributed by atoms with Crippen LogP contribution in [0.1, 0.15) is 28.6 Å². The molecule has 0 amide bonds. The SMILES string of the molecule is Cc1cccc(C(Cc2c(Br)c(C)nn2C)NN)c1Cl. The normalized spacial score (nSPS) is 12.7. The average molecular weight is 358 g/mol. The number of benzene rings is 1. The molecule has 0 aliphatic carbocycles. The fourth-order valence-corrected chi connectivity index (χ4v) is 3.05. The summed E-state index contributed by atoms with van der Waals surface area (Å²) < 4.78 is 2.89. The summed E-state index contributed by atoms with van der Waals surface area (Å²) in [6.07, 6.45) is 0.706. The van der Waals surface area contributed by atoms with Crippen molar-refractivity contribution in [2.75, 3.05) is 0 Å². The number of aryl methyl sites for hydroxylation is 3. The third kappa shape index (κ3) is 2.91. The number of nitrogens with two attached hydrogens (primary N) is 1. The molecule has 20 heavy (non-hydrogen) atoms. The lowest BCUT2D eigenvalue weighted by atomic mass is 10.0. The van der Waals surface area contributed by atoms with E-state index in [9.17, 15) is 0 Å². The van der Waals surface area contributed by atoms with Crippen molar-refractivity contribution >= 4 is 27.5 Å². The fourth-order valence-electron chi connectivity index (χ4n) is 2.29. The molecule has 0 saturated carbocycles. The Morgan fingerprint density at radius 1 is 1.45 bits per heavy atom. The van der Waals surface area contributed by atoms with Crippen LogP contribution in [0.3, 0.4) is 0 Å². The first kappa shape index (κ1) is 15.5. The van der Waals surface area contributed by atoms with Gasteiger partial charge in [-0.05, 0) is 40.9 Å². The maximum atomic E-state index is 6.39. The van der Waals surface area contributed by atoms with Crippen molar-refractivity contribution in [2.45, 2.75) is 26.3 Å². The smallest absolute Gasteiger partial charge is 0.0738 e. The lowest BCUT2D eigenvalue weighted by Gasteiger charge is -2.19. The summed E-state index contributed by atoms with van der Waals surface area (Å²) in [5.74, 6) is 5.72. The van der Waals surface area contributed by atoms with Gasteiger partial charge in [-0.15, -0.1) is 0 Å². The number of nitrogens with zero attached hydrogens (tertiary/aromatic N) is 2. The predicted molar refractivity (Wildman–Crippen MR) is 85.6 cm³/mol. The third-order valence-electron chi connectivity index (χ3n) is 3.46. The van der Waals surface area contributed by atoms with Gasteiger partial charge in [-0.2, -0.15) is 5.10 Å². The van der Waals surface area contributed by atoms with Crippen LogP contribution in [0.4, 0.5) is 0 Å². The maximum Gasteiger partial charge on any atom is 0.0738 e. The molecule has 3 N–H and O–H groups in total. The standard InChI is InChI=1S/C14H18BrClN4/c1-8-5-4-6-10(14(8)16)11(18-17)7-12-13(15)9(2)19-20(12)3/h4-6,11,18H,7,17H2,1-3H3. The molecule has 2 aromatic rings. The van der Waals surface area contributed by atoms with Crippen molar-refractivity contribution in [1.82, 2.24) is 15.2 Å². The Hall–Kier alpha value is -0.880. The molecule has 0 fully saturated rings. The Bertz CT molecular complexity index is 624. The zero-order chi connectivity index (χ0) is 14.9. The number of aromatic nitrogens is 2. The van der Waals surface area contributed by atoms with E-state index in [2.05, 4.69) is 26.5 Å². The summed E-state index contributed by atoms with van der Waals surface area (Å²) in [5, 5.41) is 5.15. The molecule has 6 heteroatoms. The highest BCUT2D eigenvalue weighted by atomic mass is 79.9.